The summed E-state index contributed by atoms with van der Waals surface area (Å²) in [6.07, 6.45) is 2.98. The molecule has 0 saturated carbocycles. The smallest absolute Gasteiger partial charge is 0.248 e. The molecule has 0 atom stereocenters. The molecule has 3 aromatic rings. The van der Waals surface area contributed by atoms with E-state index >= 15 is 0 Å². The second kappa shape index (κ2) is 9.90. The SMILES string of the molecule is O=C1CN=C(c2ccccc2)c2cc(Cl)ccc2N1C1CCN(CCc2ccccc2)CC1. The first kappa shape index (κ1) is 21.9. The number of amides is 1. The number of benzodiazepines with no additional fused rings is 1. The first-order valence-corrected chi connectivity index (χ1v) is 12.0. The summed E-state index contributed by atoms with van der Waals surface area (Å²) in [6.45, 7) is 3.20. The lowest BCUT2D eigenvalue weighted by Gasteiger charge is -2.38. The van der Waals surface area contributed by atoms with Crippen molar-refractivity contribution in [2.75, 3.05) is 31.1 Å². The van der Waals surface area contributed by atoms with Gasteiger partial charge in [0.2, 0.25) is 5.91 Å². The van der Waals surface area contributed by atoms with Crippen LogP contribution in [0.3, 0.4) is 0 Å². The molecule has 0 spiro atoms. The quantitative estimate of drug-likeness (QED) is 0.525. The molecule has 2 aliphatic heterocycles. The van der Waals surface area contributed by atoms with Gasteiger partial charge in [0.15, 0.2) is 0 Å². The van der Waals surface area contributed by atoms with Crippen molar-refractivity contribution in [1.29, 1.82) is 0 Å². The van der Waals surface area contributed by atoms with Crippen LogP contribution in [-0.4, -0.2) is 48.7 Å². The highest BCUT2D eigenvalue weighted by Crippen LogP contribution is 2.33. The Balaban J connectivity index is 1.35. The standard InChI is InChI=1S/C28H28ClN3O/c29-23-11-12-26-25(19-23)28(22-9-5-2-6-10-22)30-20-27(33)32(26)24-14-17-31(18-15-24)16-13-21-7-3-1-4-8-21/h1-12,19,24H,13-18,20H2. The molecule has 0 bridgehead atoms. The van der Waals surface area contributed by atoms with Gasteiger partial charge < -0.3 is 9.80 Å². The van der Waals surface area contributed by atoms with Crippen LogP contribution in [0.25, 0.3) is 0 Å². The van der Waals surface area contributed by atoms with Crippen molar-refractivity contribution < 1.29 is 4.79 Å². The Hall–Kier alpha value is -2.95. The Morgan fingerprint density at radius 3 is 2.33 bits per heavy atom. The molecule has 3 aromatic carbocycles. The molecule has 2 heterocycles. The molecule has 33 heavy (non-hydrogen) atoms. The average molecular weight is 458 g/mol. The highest BCUT2D eigenvalue weighted by atomic mass is 35.5. The second-order valence-electron chi connectivity index (χ2n) is 8.76. The molecule has 2 aliphatic rings. The van der Waals surface area contributed by atoms with Gasteiger partial charge in [0.1, 0.15) is 6.54 Å². The maximum absolute atomic E-state index is 13.3. The molecular weight excluding hydrogens is 430 g/mol. The second-order valence-corrected chi connectivity index (χ2v) is 9.20. The number of halogens is 1. The van der Waals surface area contributed by atoms with E-state index in [4.69, 9.17) is 16.6 Å². The van der Waals surface area contributed by atoms with Crippen LogP contribution in [0.4, 0.5) is 5.69 Å². The zero-order chi connectivity index (χ0) is 22.6. The Morgan fingerprint density at radius 2 is 1.61 bits per heavy atom. The Kier molecular flexibility index (Phi) is 6.56. The number of carbonyl (C=O) groups excluding carboxylic acids is 1. The van der Waals surface area contributed by atoms with Crippen molar-refractivity contribution in [2.24, 2.45) is 4.99 Å². The molecular formula is C28H28ClN3O. The molecule has 0 radical (unpaired) electrons. The zero-order valence-corrected chi connectivity index (χ0v) is 19.4. The van der Waals surface area contributed by atoms with Crippen molar-refractivity contribution in [3.63, 3.8) is 0 Å². The molecule has 5 rings (SSSR count). The third-order valence-electron chi connectivity index (χ3n) is 6.64. The molecule has 5 heteroatoms. The van der Waals surface area contributed by atoms with Gasteiger partial charge in [0, 0.05) is 41.8 Å². The number of hydrogen-bond donors (Lipinski definition) is 0. The Bertz CT molecular complexity index is 1140. The topological polar surface area (TPSA) is 35.9 Å². The molecule has 0 aromatic heterocycles. The minimum atomic E-state index is 0.0623. The third-order valence-corrected chi connectivity index (χ3v) is 6.88. The first-order chi connectivity index (χ1) is 16.2. The fourth-order valence-electron chi connectivity index (χ4n) is 4.93. The number of benzene rings is 3. The first-order valence-electron chi connectivity index (χ1n) is 11.7. The lowest BCUT2D eigenvalue weighted by molar-refractivity contribution is -0.117. The van der Waals surface area contributed by atoms with Crippen LogP contribution in [0.1, 0.15) is 29.5 Å². The summed E-state index contributed by atoms with van der Waals surface area (Å²) in [4.78, 5) is 22.6. The molecule has 168 valence electrons. The predicted octanol–water partition coefficient (Wildman–Crippen LogP) is 5.23. The molecule has 0 unspecified atom stereocenters. The van der Waals surface area contributed by atoms with Gasteiger partial charge >= 0.3 is 0 Å². The summed E-state index contributed by atoms with van der Waals surface area (Å²) in [5.74, 6) is 0.0623. The predicted molar refractivity (Wildman–Crippen MR) is 135 cm³/mol. The van der Waals surface area contributed by atoms with Crippen molar-refractivity contribution >= 4 is 28.9 Å². The Morgan fingerprint density at radius 1 is 0.909 bits per heavy atom. The van der Waals surface area contributed by atoms with Gasteiger partial charge in [-0.1, -0.05) is 72.3 Å². The monoisotopic (exact) mass is 457 g/mol. The van der Waals surface area contributed by atoms with Gasteiger partial charge in [0.25, 0.3) is 0 Å². The molecule has 1 saturated heterocycles. The van der Waals surface area contributed by atoms with Gasteiger partial charge in [-0.25, -0.2) is 0 Å². The van der Waals surface area contributed by atoms with Crippen LogP contribution in [0.5, 0.6) is 0 Å². The zero-order valence-electron chi connectivity index (χ0n) is 18.7. The van der Waals surface area contributed by atoms with Crippen molar-refractivity contribution in [1.82, 2.24) is 4.90 Å². The van der Waals surface area contributed by atoms with Crippen molar-refractivity contribution in [3.8, 4) is 0 Å². The summed E-state index contributed by atoms with van der Waals surface area (Å²) in [5.41, 5.74) is 5.08. The van der Waals surface area contributed by atoms with Gasteiger partial charge in [-0.2, -0.15) is 0 Å². The van der Waals surface area contributed by atoms with Crippen molar-refractivity contribution in [3.05, 3.63) is 101 Å². The fraction of sp³-hybridized carbons (Fsp3) is 0.286. The van der Waals surface area contributed by atoms with E-state index in [0.29, 0.717) is 5.02 Å². The lowest BCUT2D eigenvalue weighted by Crippen LogP contribution is -2.48. The number of aliphatic imine (C=N–C) groups is 1. The third kappa shape index (κ3) is 4.87. The van der Waals surface area contributed by atoms with Crippen LogP contribution in [0.15, 0.2) is 83.9 Å². The molecule has 4 nitrogen and oxygen atoms in total. The molecule has 1 amide bonds. The van der Waals surface area contributed by atoms with Crippen LogP contribution in [0, 0.1) is 0 Å². The van der Waals surface area contributed by atoms with Gasteiger partial charge in [-0.15, -0.1) is 0 Å². The number of anilines is 1. The van der Waals surface area contributed by atoms with Crippen LogP contribution in [-0.2, 0) is 11.2 Å². The van der Waals surface area contributed by atoms with Crippen LogP contribution in [0.2, 0.25) is 5.02 Å². The summed E-state index contributed by atoms with van der Waals surface area (Å²) < 4.78 is 0. The largest absolute Gasteiger partial charge is 0.307 e. The van der Waals surface area contributed by atoms with Crippen LogP contribution >= 0.6 is 11.6 Å². The summed E-state index contributed by atoms with van der Waals surface area (Å²) in [6, 6.07) is 26.7. The normalized spacial score (nSPS) is 17.4. The number of fused-ring (bicyclic) bond motifs is 1. The number of hydrogen-bond acceptors (Lipinski definition) is 3. The maximum Gasteiger partial charge on any atom is 0.248 e. The summed E-state index contributed by atoms with van der Waals surface area (Å²) in [7, 11) is 0. The van der Waals surface area contributed by atoms with Crippen molar-refractivity contribution in [2.45, 2.75) is 25.3 Å². The van der Waals surface area contributed by atoms with E-state index in [0.717, 1.165) is 61.4 Å². The molecule has 0 N–H and O–H groups in total. The van der Waals surface area contributed by atoms with E-state index in [1.54, 1.807) is 0 Å². The number of likely N-dealkylation sites (tertiary alicyclic amines) is 1. The fourth-order valence-corrected chi connectivity index (χ4v) is 5.10. The number of rotatable bonds is 5. The van der Waals surface area contributed by atoms with Gasteiger partial charge in [-0.05, 0) is 43.0 Å². The highest BCUT2D eigenvalue weighted by Gasteiger charge is 2.33. The number of piperidine rings is 1. The minimum Gasteiger partial charge on any atom is -0.307 e. The molecule has 0 aliphatic carbocycles. The number of carbonyl (C=O) groups is 1. The minimum absolute atomic E-state index is 0.0623. The van der Waals surface area contributed by atoms with E-state index in [1.165, 1.54) is 5.56 Å². The van der Waals surface area contributed by atoms with Gasteiger partial charge in [0.05, 0.1) is 11.4 Å². The summed E-state index contributed by atoms with van der Waals surface area (Å²) >= 11 is 6.39. The van der Waals surface area contributed by atoms with E-state index in [2.05, 4.69) is 35.2 Å². The highest BCUT2D eigenvalue weighted by molar-refractivity contribution is 6.32. The van der Waals surface area contributed by atoms with Gasteiger partial charge in [-0.3, -0.25) is 9.79 Å². The van der Waals surface area contributed by atoms with E-state index in [-0.39, 0.29) is 18.5 Å². The molecule has 1 fully saturated rings. The van der Waals surface area contributed by atoms with E-state index in [9.17, 15) is 4.79 Å². The van der Waals surface area contributed by atoms with E-state index in [1.807, 2.05) is 53.4 Å². The number of nitrogens with zero attached hydrogens (tertiary/aromatic N) is 3. The summed E-state index contributed by atoms with van der Waals surface area (Å²) in [5, 5.41) is 0.655. The van der Waals surface area contributed by atoms with E-state index < -0.39 is 0 Å². The van der Waals surface area contributed by atoms with Crippen LogP contribution < -0.4 is 4.90 Å². The lowest BCUT2D eigenvalue weighted by atomic mass is 9.97. The Labute approximate surface area is 200 Å². The average Bonchev–Trinajstić information content (AvgIpc) is 3.00. The maximum atomic E-state index is 13.3.